The number of ether oxygens (including phenoxy) is 2. The van der Waals surface area contributed by atoms with Gasteiger partial charge in [0.2, 0.25) is 0 Å². The smallest absolute Gasteiger partial charge is 0.272 e. The first-order valence-corrected chi connectivity index (χ1v) is 11.6. The third kappa shape index (κ3) is 4.91. The molecule has 34 heavy (non-hydrogen) atoms. The first kappa shape index (κ1) is 23.1. The van der Waals surface area contributed by atoms with Gasteiger partial charge in [0, 0.05) is 31.1 Å². The van der Waals surface area contributed by atoms with Crippen molar-refractivity contribution < 1.29 is 22.6 Å². The first-order chi connectivity index (χ1) is 16.3. The molecule has 0 spiro atoms. The molecule has 0 amide bonds. The maximum atomic E-state index is 14.5. The van der Waals surface area contributed by atoms with Crippen LogP contribution >= 0.6 is 15.9 Å². The van der Waals surface area contributed by atoms with Crippen molar-refractivity contribution in [3.05, 3.63) is 46.9 Å². The Morgan fingerprint density at radius 3 is 2.88 bits per heavy atom. The number of rotatable bonds is 4. The van der Waals surface area contributed by atoms with Gasteiger partial charge in [0.25, 0.3) is 5.92 Å². The van der Waals surface area contributed by atoms with Crippen LogP contribution in [0, 0.1) is 5.82 Å². The maximum absolute atomic E-state index is 14.5. The van der Waals surface area contributed by atoms with Crippen molar-refractivity contribution in [1.82, 2.24) is 19.8 Å². The molecule has 2 aliphatic heterocycles. The summed E-state index contributed by atoms with van der Waals surface area (Å²) in [6.45, 7) is 1.08. The summed E-state index contributed by atoms with van der Waals surface area (Å²) in [5, 5.41) is 3.63. The van der Waals surface area contributed by atoms with E-state index in [2.05, 4.69) is 31.2 Å². The molecule has 2 aromatic carbocycles. The average Bonchev–Trinajstić information content (AvgIpc) is 2.92. The van der Waals surface area contributed by atoms with Crippen molar-refractivity contribution in [2.24, 2.45) is 0 Å². The summed E-state index contributed by atoms with van der Waals surface area (Å²) in [4.78, 5) is 11.9. The second-order valence-corrected chi connectivity index (χ2v) is 9.50. The van der Waals surface area contributed by atoms with E-state index < -0.39 is 17.8 Å². The largest absolute Gasteiger partial charge is 0.486 e. The predicted molar refractivity (Wildman–Crippen MR) is 126 cm³/mol. The number of halogens is 4. The quantitative estimate of drug-likeness (QED) is 0.532. The average molecular weight is 538 g/mol. The zero-order chi connectivity index (χ0) is 23.9. The van der Waals surface area contributed by atoms with Crippen molar-refractivity contribution in [2.45, 2.75) is 12.0 Å². The maximum Gasteiger partial charge on any atom is 0.272 e. The van der Waals surface area contributed by atoms with Crippen molar-refractivity contribution in [1.29, 1.82) is 0 Å². The molecule has 0 saturated carbocycles. The van der Waals surface area contributed by atoms with E-state index in [-0.39, 0.29) is 25.4 Å². The summed E-state index contributed by atoms with van der Waals surface area (Å²) < 4.78 is 55.2. The molecule has 5 rings (SSSR count). The Hall–Kier alpha value is -2.63. The Balaban J connectivity index is 1.38. The zero-order valence-electron chi connectivity index (χ0n) is 18.4. The molecule has 0 aliphatic carbocycles. The van der Waals surface area contributed by atoms with Crippen LogP contribution in [0.3, 0.4) is 0 Å². The third-order valence-electron chi connectivity index (χ3n) is 5.84. The minimum absolute atomic E-state index is 0.246. The van der Waals surface area contributed by atoms with Gasteiger partial charge in [0.1, 0.15) is 24.9 Å². The molecule has 1 aromatic heterocycles. The van der Waals surface area contributed by atoms with Crippen LogP contribution in [0.2, 0.25) is 0 Å². The third-order valence-corrected chi connectivity index (χ3v) is 6.45. The van der Waals surface area contributed by atoms with E-state index in [4.69, 9.17) is 9.47 Å². The fraction of sp³-hybridized carbons (Fsp3) is 0.391. The summed E-state index contributed by atoms with van der Waals surface area (Å²) >= 11 is 3.18. The topological polar surface area (TPSA) is 62.8 Å². The lowest BCUT2D eigenvalue weighted by atomic mass is 10.1. The highest BCUT2D eigenvalue weighted by Gasteiger charge is 2.37. The number of nitrogens with one attached hydrogen (secondary N) is 1. The number of alkyl halides is 2. The van der Waals surface area contributed by atoms with E-state index >= 15 is 0 Å². The van der Waals surface area contributed by atoms with E-state index in [1.165, 1.54) is 6.33 Å². The van der Waals surface area contributed by atoms with Crippen LogP contribution in [0.1, 0.15) is 0 Å². The van der Waals surface area contributed by atoms with Crippen molar-refractivity contribution >= 4 is 38.3 Å². The van der Waals surface area contributed by atoms with Gasteiger partial charge in [-0.2, -0.15) is 0 Å². The molecule has 11 heteroatoms. The van der Waals surface area contributed by atoms with Crippen LogP contribution in [0.5, 0.6) is 11.5 Å². The Labute approximate surface area is 203 Å². The molecule has 1 saturated heterocycles. The van der Waals surface area contributed by atoms with Gasteiger partial charge >= 0.3 is 0 Å². The number of hydrogen-bond donors (Lipinski definition) is 1. The highest BCUT2D eigenvalue weighted by molar-refractivity contribution is 9.10. The summed E-state index contributed by atoms with van der Waals surface area (Å²) in [6, 6.07) is 8.40. The van der Waals surface area contributed by atoms with Crippen LogP contribution in [-0.2, 0) is 0 Å². The Kier molecular flexibility index (Phi) is 6.26. The van der Waals surface area contributed by atoms with E-state index in [1.54, 1.807) is 47.2 Å². The number of likely N-dealkylation sites (N-methyl/N-ethyl adjacent to an activating group) is 1. The highest BCUT2D eigenvalue weighted by atomic mass is 79.9. The highest BCUT2D eigenvalue weighted by Crippen LogP contribution is 2.38. The molecule has 1 fully saturated rings. The van der Waals surface area contributed by atoms with Gasteiger partial charge in [0.05, 0.1) is 28.8 Å². The monoisotopic (exact) mass is 537 g/mol. The van der Waals surface area contributed by atoms with Gasteiger partial charge in [-0.25, -0.2) is 23.1 Å². The SMILES string of the molecule is CN1CCN(C[C@H]2COc3cc4ncnc(Nc5cccc(Br)c5F)c4cc3O2)CC(F)(F)C1. The Morgan fingerprint density at radius 2 is 2.03 bits per heavy atom. The fourth-order valence-corrected chi connectivity index (χ4v) is 4.64. The molecule has 3 heterocycles. The van der Waals surface area contributed by atoms with Gasteiger partial charge in [0.15, 0.2) is 17.3 Å². The first-order valence-electron chi connectivity index (χ1n) is 10.9. The molecule has 0 radical (unpaired) electrons. The van der Waals surface area contributed by atoms with Crippen LogP contribution in [0.25, 0.3) is 10.9 Å². The minimum Gasteiger partial charge on any atom is -0.486 e. The number of hydrogen-bond acceptors (Lipinski definition) is 7. The number of aromatic nitrogens is 2. The summed E-state index contributed by atoms with van der Waals surface area (Å²) in [6.07, 6.45) is 0.975. The van der Waals surface area contributed by atoms with Gasteiger partial charge in [-0.05, 0) is 41.2 Å². The summed E-state index contributed by atoms with van der Waals surface area (Å²) in [5.41, 5.74) is 0.859. The molecule has 2 aliphatic rings. The molecule has 0 unspecified atom stereocenters. The number of fused-ring (bicyclic) bond motifs is 2. The van der Waals surface area contributed by atoms with Gasteiger partial charge in [-0.3, -0.25) is 9.80 Å². The normalized spacial score (nSPS) is 20.8. The van der Waals surface area contributed by atoms with Gasteiger partial charge in [-0.15, -0.1) is 0 Å². The molecule has 7 nitrogen and oxygen atoms in total. The predicted octanol–water partition coefficient (Wildman–Crippen LogP) is 4.30. The summed E-state index contributed by atoms with van der Waals surface area (Å²) in [7, 11) is 1.70. The Bertz CT molecular complexity index is 1210. The van der Waals surface area contributed by atoms with Crippen molar-refractivity contribution in [2.75, 3.05) is 51.7 Å². The van der Waals surface area contributed by atoms with Gasteiger partial charge < -0.3 is 14.8 Å². The minimum atomic E-state index is -2.78. The van der Waals surface area contributed by atoms with Crippen LogP contribution < -0.4 is 14.8 Å². The molecule has 1 atom stereocenters. The second kappa shape index (κ2) is 9.20. The van der Waals surface area contributed by atoms with Crippen LogP contribution in [0.15, 0.2) is 41.1 Å². The molecule has 1 N–H and O–H groups in total. The van der Waals surface area contributed by atoms with Gasteiger partial charge in [-0.1, -0.05) is 6.07 Å². The summed E-state index contributed by atoms with van der Waals surface area (Å²) in [5.74, 6) is -1.83. The number of nitrogens with zero attached hydrogens (tertiary/aromatic N) is 4. The van der Waals surface area contributed by atoms with E-state index in [0.717, 1.165) is 0 Å². The van der Waals surface area contributed by atoms with E-state index in [9.17, 15) is 13.2 Å². The molecular weight excluding hydrogens is 515 g/mol. The Morgan fingerprint density at radius 1 is 1.18 bits per heavy atom. The lowest BCUT2D eigenvalue weighted by Gasteiger charge is -2.31. The van der Waals surface area contributed by atoms with E-state index in [0.29, 0.717) is 52.3 Å². The van der Waals surface area contributed by atoms with Crippen molar-refractivity contribution in [3.63, 3.8) is 0 Å². The van der Waals surface area contributed by atoms with Crippen LogP contribution in [0.4, 0.5) is 24.7 Å². The van der Waals surface area contributed by atoms with E-state index in [1.807, 2.05) is 0 Å². The second-order valence-electron chi connectivity index (χ2n) is 8.64. The number of anilines is 2. The zero-order valence-corrected chi connectivity index (χ0v) is 20.0. The lowest BCUT2D eigenvalue weighted by Crippen LogP contribution is -2.45. The molecule has 3 aromatic rings. The van der Waals surface area contributed by atoms with Crippen LogP contribution in [-0.4, -0.2) is 78.2 Å². The molecule has 180 valence electrons. The number of benzene rings is 2. The fourth-order valence-electron chi connectivity index (χ4n) is 4.27. The molecule has 0 bridgehead atoms. The standard InChI is InChI=1S/C23H23BrF3N5O2/c1-31-5-6-32(12-23(26,27)11-31)9-14-10-33-19-8-18-15(7-20(19)34-14)22(29-13-28-18)30-17-4-2-3-16(24)21(17)25/h2-4,7-8,13-14H,5-6,9-12H2,1H3,(H,28,29,30)/t14-/m0/s1. The van der Waals surface area contributed by atoms with Crippen molar-refractivity contribution in [3.8, 4) is 11.5 Å². The molecular formula is C23H23BrF3N5O2. The lowest BCUT2D eigenvalue weighted by molar-refractivity contribution is -0.0419.